The lowest BCUT2D eigenvalue weighted by Crippen LogP contribution is -2.40. The van der Waals surface area contributed by atoms with Crippen LogP contribution in [0.3, 0.4) is 0 Å². The molecule has 1 aliphatic rings. The minimum atomic E-state index is -0.487. The minimum Gasteiger partial charge on any atom is -0.493 e. The van der Waals surface area contributed by atoms with Crippen molar-refractivity contribution in [3.8, 4) is 28.6 Å². The second-order valence-corrected chi connectivity index (χ2v) is 8.92. The van der Waals surface area contributed by atoms with Crippen molar-refractivity contribution >= 4 is 23.7 Å². The quantitative estimate of drug-likeness (QED) is 0.482. The summed E-state index contributed by atoms with van der Waals surface area (Å²) in [5.74, 6) is 1.91. The molecule has 3 amide bonds. The molecule has 0 spiro atoms. The SMILES string of the molecule is CCCNC(=O)NC(=O)CSc1nnc(-c2cc(OC)c(OC)c(OC)c2)n1C1CCCCC1. The first-order valence-electron chi connectivity index (χ1n) is 11.5. The maximum Gasteiger partial charge on any atom is 0.321 e. The van der Waals surface area contributed by atoms with Crippen molar-refractivity contribution in [2.45, 2.75) is 56.6 Å². The Morgan fingerprint density at radius 3 is 2.32 bits per heavy atom. The number of thioether (sulfide) groups is 1. The zero-order valence-corrected chi connectivity index (χ0v) is 21.0. The van der Waals surface area contributed by atoms with Gasteiger partial charge in [0.05, 0.1) is 27.1 Å². The monoisotopic (exact) mass is 491 g/mol. The first-order valence-corrected chi connectivity index (χ1v) is 12.5. The van der Waals surface area contributed by atoms with E-state index in [0.29, 0.717) is 34.8 Å². The Labute approximate surface area is 204 Å². The normalized spacial score (nSPS) is 13.9. The molecular weight excluding hydrogens is 458 g/mol. The van der Waals surface area contributed by atoms with E-state index in [1.54, 1.807) is 21.3 Å². The Morgan fingerprint density at radius 2 is 1.74 bits per heavy atom. The number of aromatic nitrogens is 3. The van der Waals surface area contributed by atoms with Gasteiger partial charge in [0.25, 0.3) is 0 Å². The summed E-state index contributed by atoms with van der Waals surface area (Å²) < 4.78 is 18.6. The van der Waals surface area contributed by atoms with Crippen LogP contribution < -0.4 is 24.8 Å². The van der Waals surface area contributed by atoms with Gasteiger partial charge in [-0.1, -0.05) is 37.9 Å². The number of imide groups is 1. The zero-order chi connectivity index (χ0) is 24.5. The molecule has 0 atom stereocenters. The fourth-order valence-electron chi connectivity index (χ4n) is 4.03. The summed E-state index contributed by atoms with van der Waals surface area (Å²) in [4.78, 5) is 24.1. The van der Waals surface area contributed by atoms with E-state index in [1.807, 2.05) is 19.1 Å². The largest absolute Gasteiger partial charge is 0.493 e. The van der Waals surface area contributed by atoms with Crippen LogP contribution in [-0.2, 0) is 4.79 Å². The Kier molecular flexibility index (Phi) is 9.43. The van der Waals surface area contributed by atoms with Crippen molar-refractivity contribution < 1.29 is 23.8 Å². The van der Waals surface area contributed by atoms with Gasteiger partial charge in [0.1, 0.15) is 0 Å². The molecule has 2 aromatic rings. The molecule has 34 heavy (non-hydrogen) atoms. The highest BCUT2D eigenvalue weighted by Gasteiger charge is 2.26. The summed E-state index contributed by atoms with van der Waals surface area (Å²) in [6, 6.07) is 3.43. The fourth-order valence-corrected chi connectivity index (χ4v) is 4.83. The van der Waals surface area contributed by atoms with Crippen molar-refractivity contribution in [2.75, 3.05) is 33.6 Å². The molecule has 186 valence electrons. The third-order valence-electron chi connectivity index (χ3n) is 5.65. The van der Waals surface area contributed by atoms with Crippen LogP contribution in [0.5, 0.6) is 17.2 Å². The number of methoxy groups -OCH3 is 3. The molecule has 0 saturated heterocycles. The summed E-state index contributed by atoms with van der Waals surface area (Å²) in [5.41, 5.74) is 0.780. The van der Waals surface area contributed by atoms with Gasteiger partial charge in [0.15, 0.2) is 22.5 Å². The lowest BCUT2D eigenvalue weighted by atomic mass is 9.95. The average molecular weight is 492 g/mol. The maximum atomic E-state index is 12.3. The number of hydrogen-bond acceptors (Lipinski definition) is 8. The number of ether oxygens (including phenoxy) is 3. The highest BCUT2D eigenvalue weighted by Crippen LogP contribution is 2.42. The minimum absolute atomic E-state index is 0.0552. The van der Waals surface area contributed by atoms with E-state index in [0.717, 1.165) is 37.7 Å². The summed E-state index contributed by atoms with van der Waals surface area (Å²) in [6.45, 7) is 2.46. The van der Waals surface area contributed by atoms with E-state index in [1.165, 1.54) is 18.2 Å². The van der Waals surface area contributed by atoms with Crippen molar-refractivity contribution in [3.63, 3.8) is 0 Å². The van der Waals surface area contributed by atoms with Gasteiger partial charge in [-0.15, -0.1) is 10.2 Å². The molecule has 0 bridgehead atoms. The number of amides is 3. The Morgan fingerprint density at radius 1 is 1.06 bits per heavy atom. The van der Waals surface area contributed by atoms with Crippen molar-refractivity contribution in [1.82, 2.24) is 25.4 Å². The molecule has 1 aliphatic carbocycles. The van der Waals surface area contributed by atoms with Crippen LogP contribution in [0.1, 0.15) is 51.5 Å². The Bertz CT molecular complexity index is 965. The second-order valence-electron chi connectivity index (χ2n) is 7.97. The molecule has 1 heterocycles. The van der Waals surface area contributed by atoms with E-state index >= 15 is 0 Å². The van der Waals surface area contributed by atoms with Gasteiger partial charge in [-0.25, -0.2) is 4.79 Å². The number of urea groups is 1. The number of hydrogen-bond donors (Lipinski definition) is 2. The molecule has 10 nitrogen and oxygen atoms in total. The Balaban J connectivity index is 1.89. The molecule has 1 saturated carbocycles. The number of benzene rings is 1. The van der Waals surface area contributed by atoms with Gasteiger partial charge < -0.3 is 19.5 Å². The van der Waals surface area contributed by atoms with Crippen molar-refractivity contribution in [2.24, 2.45) is 0 Å². The van der Waals surface area contributed by atoms with Crippen LogP contribution in [0.2, 0.25) is 0 Å². The highest BCUT2D eigenvalue weighted by atomic mass is 32.2. The van der Waals surface area contributed by atoms with Crippen molar-refractivity contribution in [1.29, 1.82) is 0 Å². The highest BCUT2D eigenvalue weighted by molar-refractivity contribution is 7.99. The van der Waals surface area contributed by atoms with Gasteiger partial charge in [0.2, 0.25) is 11.7 Å². The lowest BCUT2D eigenvalue weighted by molar-refractivity contribution is -0.117. The van der Waals surface area contributed by atoms with Crippen LogP contribution >= 0.6 is 11.8 Å². The first kappa shape index (κ1) is 25.7. The van der Waals surface area contributed by atoms with Gasteiger partial charge in [-0.05, 0) is 31.4 Å². The van der Waals surface area contributed by atoms with Gasteiger partial charge in [0, 0.05) is 18.2 Å². The predicted octanol–water partition coefficient (Wildman–Crippen LogP) is 3.80. The van der Waals surface area contributed by atoms with E-state index in [4.69, 9.17) is 14.2 Å². The standard InChI is InChI=1S/C23H33N5O5S/c1-5-11-24-22(30)25-19(29)14-34-23-27-26-21(28(23)16-9-7-6-8-10-16)15-12-17(31-2)20(33-4)18(13-15)32-3/h12-13,16H,5-11,14H2,1-4H3,(H2,24,25,29,30). The Hall–Kier alpha value is -2.95. The molecule has 1 fully saturated rings. The van der Waals surface area contributed by atoms with E-state index < -0.39 is 6.03 Å². The molecule has 1 aromatic carbocycles. The summed E-state index contributed by atoms with van der Waals surface area (Å²) in [6.07, 6.45) is 6.27. The second kappa shape index (κ2) is 12.5. The summed E-state index contributed by atoms with van der Waals surface area (Å²) >= 11 is 1.27. The molecule has 0 unspecified atom stereocenters. The number of nitrogens with zero attached hydrogens (tertiary/aromatic N) is 3. The molecular formula is C23H33N5O5S. The van der Waals surface area contributed by atoms with E-state index in [9.17, 15) is 9.59 Å². The van der Waals surface area contributed by atoms with Crippen LogP contribution in [0.25, 0.3) is 11.4 Å². The number of carbonyl (C=O) groups is 2. The first-order chi connectivity index (χ1) is 16.5. The summed E-state index contributed by atoms with van der Waals surface area (Å²) in [7, 11) is 4.71. The molecule has 2 N–H and O–H groups in total. The van der Waals surface area contributed by atoms with Gasteiger partial charge >= 0.3 is 6.03 Å². The predicted molar refractivity (Wildman–Crippen MR) is 130 cm³/mol. The van der Waals surface area contributed by atoms with Gasteiger partial charge in [-0.2, -0.15) is 0 Å². The smallest absolute Gasteiger partial charge is 0.321 e. The number of rotatable bonds is 10. The van der Waals surface area contributed by atoms with Crippen LogP contribution in [-0.4, -0.2) is 60.3 Å². The van der Waals surface area contributed by atoms with Crippen LogP contribution in [0.15, 0.2) is 17.3 Å². The van der Waals surface area contributed by atoms with E-state index in [-0.39, 0.29) is 17.7 Å². The van der Waals surface area contributed by atoms with Gasteiger partial charge in [-0.3, -0.25) is 14.7 Å². The average Bonchev–Trinajstić information content (AvgIpc) is 3.29. The lowest BCUT2D eigenvalue weighted by Gasteiger charge is -2.26. The topological polar surface area (TPSA) is 117 Å². The maximum absolute atomic E-state index is 12.3. The molecule has 0 aliphatic heterocycles. The zero-order valence-electron chi connectivity index (χ0n) is 20.2. The van der Waals surface area contributed by atoms with Crippen LogP contribution in [0, 0.1) is 0 Å². The molecule has 1 aromatic heterocycles. The third-order valence-corrected chi connectivity index (χ3v) is 6.59. The fraction of sp³-hybridized carbons (Fsp3) is 0.565. The van der Waals surface area contributed by atoms with E-state index in [2.05, 4.69) is 25.4 Å². The van der Waals surface area contributed by atoms with Crippen LogP contribution in [0.4, 0.5) is 4.79 Å². The molecule has 3 rings (SSSR count). The third kappa shape index (κ3) is 6.13. The number of nitrogens with one attached hydrogen (secondary N) is 2. The molecule has 0 radical (unpaired) electrons. The number of carbonyl (C=O) groups excluding carboxylic acids is 2. The molecule has 11 heteroatoms. The van der Waals surface area contributed by atoms with Crippen molar-refractivity contribution in [3.05, 3.63) is 12.1 Å². The summed E-state index contributed by atoms with van der Waals surface area (Å²) in [5, 5.41) is 14.5.